The monoisotopic (exact) mass is 278 g/mol. The molecule has 0 saturated carbocycles. The predicted octanol–water partition coefficient (Wildman–Crippen LogP) is 4.26. The van der Waals surface area contributed by atoms with E-state index in [-0.39, 0.29) is 11.9 Å². The Hall–Kier alpha value is -1.74. The summed E-state index contributed by atoms with van der Waals surface area (Å²) in [6.07, 6.45) is 0. The molecule has 1 atom stereocenters. The molecule has 0 amide bonds. The fourth-order valence-corrected chi connectivity index (χ4v) is 2.21. The zero-order valence-corrected chi connectivity index (χ0v) is 11.7. The van der Waals surface area contributed by atoms with Gasteiger partial charge in [0.2, 0.25) is 0 Å². The lowest BCUT2D eigenvalue weighted by molar-refractivity contribution is 0.626. The molecule has 0 saturated heterocycles. The van der Waals surface area contributed by atoms with Gasteiger partial charge >= 0.3 is 0 Å². The van der Waals surface area contributed by atoms with Crippen molar-refractivity contribution in [3.63, 3.8) is 0 Å². The van der Waals surface area contributed by atoms with Gasteiger partial charge in [-0.25, -0.2) is 4.39 Å². The third-order valence-electron chi connectivity index (χ3n) is 3.22. The van der Waals surface area contributed by atoms with Crippen molar-refractivity contribution in [1.82, 2.24) is 0 Å². The van der Waals surface area contributed by atoms with Gasteiger partial charge in [-0.05, 0) is 42.8 Å². The van der Waals surface area contributed by atoms with Crippen molar-refractivity contribution in [3.8, 4) is 0 Å². The van der Waals surface area contributed by atoms with Crippen molar-refractivity contribution in [2.75, 3.05) is 17.7 Å². The first kappa shape index (κ1) is 13.7. The number of hydrogen-bond donors (Lipinski definition) is 1. The van der Waals surface area contributed by atoms with Gasteiger partial charge in [0.25, 0.3) is 0 Å². The van der Waals surface area contributed by atoms with E-state index in [1.807, 2.05) is 43.1 Å². The minimum Gasteiger partial charge on any atom is -0.399 e. The van der Waals surface area contributed by atoms with E-state index in [2.05, 4.69) is 0 Å². The van der Waals surface area contributed by atoms with E-state index in [1.165, 1.54) is 12.1 Å². The molecule has 4 heteroatoms. The third kappa shape index (κ3) is 3.18. The van der Waals surface area contributed by atoms with Gasteiger partial charge in [0, 0.05) is 23.4 Å². The summed E-state index contributed by atoms with van der Waals surface area (Å²) in [4.78, 5) is 1.96. The number of halogens is 2. The first-order valence-corrected chi connectivity index (χ1v) is 6.39. The highest BCUT2D eigenvalue weighted by Gasteiger charge is 2.13. The first-order chi connectivity index (χ1) is 8.97. The van der Waals surface area contributed by atoms with Gasteiger partial charge in [-0.3, -0.25) is 0 Å². The van der Waals surface area contributed by atoms with Crippen LogP contribution < -0.4 is 10.6 Å². The zero-order chi connectivity index (χ0) is 14.0. The van der Waals surface area contributed by atoms with Crippen LogP contribution in [0.4, 0.5) is 15.8 Å². The van der Waals surface area contributed by atoms with Gasteiger partial charge in [-0.15, -0.1) is 0 Å². The molecule has 2 rings (SSSR count). The second-order valence-electron chi connectivity index (χ2n) is 4.58. The molecule has 0 bridgehead atoms. The molecule has 2 aromatic carbocycles. The maximum absolute atomic E-state index is 13.4. The van der Waals surface area contributed by atoms with Crippen molar-refractivity contribution < 1.29 is 4.39 Å². The van der Waals surface area contributed by atoms with Crippen molar-refractivity contribution in [2.45, 2.75) is 13.0 Å². The van der Waals surface area contributed by atoms with Crippen molar-refractivity contribution in [1.29, 1.82) is 0 Å². The second-order valence-corrected chi connectivity index (χ2v) is 5.02. The Morgan fingerprint density at radius 3 is 2.58 bits per heavy atom. The summed E-state index contributed by atoms with van der Waals surface area (Å²) in [5.41, 5.74) is 7.90. The lowest BCUT2D eigenvalue weighted by Crippen LogP contribution is -2.21. The van der Waals surface area contributed by atoms with Crippen LogP contribution in [0.3, 0.4) is 0 Å². The summed E-state index contributed by atoms with van der Waals surface area (Å²) in [5, 5.41) is 0.691. The topological polar surface area (TPSA) is 29.3 Å². The van der Waals surface area contributed by atoms with Gasteiger partial charge in [-0.1, -0.05) is 23.7 Å². The van der Waals surface area contributed by atoms with Crippen molar-refractivity contribution in [2.24, 2.45) is 0 Å². The summed E-state index contributed by atoms with van der Waals surface area (Å²) in [6, 6.07) is 12.2. The van der Waals surface area contributed by atoms with Gasteiger partial charge in [0.1, 0.15) is 5.82 Å². The normalized spacial score (nSPS) is 12.2. The molecule has 1 unspecified atom stereocenters. The number of rotatable bonds is 3. The SMILES string of the molecule is CC(c1cccc(Cl)c1)N(C)c1cc(N)cc(F)c1. The Morgan fingerprint density at radius 2 is 1.95 bits per heavy atom. The van der Waals surface area contributed by atoms with Crippen molar-refractivity contribution >= 4 is 23.0 Å². The highest BCUT2D eigenvalue weighted by Crippen LogP contribution is 2.28. The fourth-order valence-electron chi connectivity index (χ4n) is 2.01. The molecule has 0 aliphatic carbocycles. The van der Waals surface area contributed by atoms with E-state index in [0.717, 1.165) is 11.3 Å². The van der Waals surface area contributed by atoms with E-state index in [1.54, 1.807) is 6.07 Å². The van der Waals surface area contributed by atoms with Crippen LogP contribution in [0.5, 0.6) is 0 Å². The number of nitrogens with zero attached hydrogens (tertiary/aromatic N) is 1. The van der Waals surface area contributed by atoms with Crippen LogP contribution in [0.25, 0.3) is 0 Å². The van der Waals surface area contributed by atoms with Crippen molar-refractivity contribution in [3.05, 3.63) is 58.9 Å². The maximum atomic E-state index is 13.4. The number of nitrogen functional groups attached to an aromatic ring is 1. The summed E-state index contributed by atoms with van der Waals surface area (Å²) in [7, 11) is 1.90. The molecule has 0 heterocycles. The number of hydrogen-bond acceptors (Lipinski definition) is 2. The van der Waals surface area contributed by atoms with Crippen LogP contribution in [0.2, 0.25) is 5.02 Å². The minimum atomic E-state index is -0.333. The van der Waals surface area contributed by atoms with Crippen LogP contribution in [0, 0.1) is 5.82 Å². The largest absolute Gasteiger partial charge is 0.399 e. The summed E-state index contributed by atoms with van der Waals surface area (Å²) in [6.45, 7) is 2.03. The van der Waals surface area contributed by atoms with Gasteiger partial charge in [-0.2, -0.15) is 0 Å². The number of benzene rings is 2. The highest BCUT2D eigenvalue weighted by molar-refractivity contribution is 6.30. The van der Waals surface area contributed by atoms with E-state index >= 15 is 0 Å². The molecule has 19 heavy (non-hydrogen) atoms. The lowest BCUT2D eigenvalue weighted by atomic mass is 10.1. The quantitative estimate of drug-likeness (QED) is 0.850. The molecule has 0 aromatic heterocycles. The van der Waals surface area contributed by atoms with Crippen LogP contribution in [-0.2, 0) is 0 Å². The predicted molar refractivity (Wildman–Crippen MR) is 79.1 cm³/mol. The van der Waals surface area contributed by atoms with E-state index in [9.17, 15) is 4.39 Å². The standard InChI is InChI=1S/C15H16ClFN2/c1-10(11-4-3-5-12(16)6-11)19(2)15-8-13(17)7-14(18)9-15/h3-10H,18H2,1-2H3. The van der Waals surface area contributed by atoms with E-state index in [4.69, 9.17) is 17.3 Å². The molecule has 2 N–H and O–H groups in total. The smallest absolute Gasteiger partial charge is 0.127 e. The molecule has 2 aromatic rings. The molecular weight excluding hydrogens is 263 g/mol. The molecule has 0 aliphatic rings. The Balaban J connectivity index is 2.30. The molecular formula is C15H16ClFN2. The van der Waals surface area contributed by atoms with Gasteiger partial charge in [0.15, 0.2) is 0 Å². The highest BCUT2D eigenvalue weighted by atomic mass is 35.5. The average molecular weight is 279 g/mol. The zero-order valence-electron chi connectivity index (χ0n) is 10.9. The lowest BCUT2D eigenvalue weighted by Gasteiger charge is -2.27. The molecule has 2 nitrogen and oxygen atoms in total. The van der Waals surface area contributed by atoms with Crippen LogP contribution >= 0.6 is 11.6 Å². The Labute approximate surface area is 117 Å². The van der Waals surface area contributed by atoms with Crippen LogP contribution in [0.1, 0.15) is 18.5 Å². The molecule has 100 valence electrons. The minimum absolute atomic E-state index is 0.0694. The number of anilines is 2. The Bertz CT molecular complexity index is 566. The maximum Gasteiger partial charge on any atom is 0.127 e. The summed E-state index contributed by atoms with van der Waals surface area (Å²) < 4.78 is 13.4. The summed E-state index contributed by atoms with van der Waals surface area (Å²) >= 11 is 5.99. The molecule has 0 spiro atoms. The molecule has 0 fully saturated rings. The first-order valence-electron chi connectivity index (χ1n) is 6.02. The second kappa shape index (κ2) is 5.49. The Kier molecular flexibility index (Phi) is 3.96. The Morgan fingerprint density at radius 1 is 1.21 bits per heavy atom. The average Bonchev–Trinajstić information content (AvgIpc) is 2.36. The fraction of sp³-hybridized carbons (Fsp3) is 0.200. The van der Waals surface area contributed by atoms with Crippen LogP contribution in [-0.4, -0.2) is 7.05 Å². The van der Waals surface area contributed by atoms with Gasteiger partial charge in [0.05, 0.1) is 6.04 Å². The summed E-state index contributed by atoms with van der Waals surface area (Å²) in [5.74, 6) is -0.333. The number of nitrogens with two attached hydrogens (primary N) is 1. The van der Waals surface area contributed by atoms with Crippen LogP contribution in [0.15, 0.2) is 42.5 Å². The molecule has 0 aliphatic heterocycles. The third-order valence-corrected chi connectivity index (χ3v) is 3.46. The molecule has 0 radical (unpaired) electrons. The van der Waals surface area contributed by atoms with Gasteiger partial charge < -0.3 is 10.6 Å². The van der Waals surface area contributed by atoms with E-state index < -0.39 is 0 Å². The van der Waals surface area contributed by atoms with E-state index in [0.29, 0.717) is 10.7 Å².